The summed E-state index contributed by atoms with van der Waals surface area (Å²) in [6, 6.07) is 16.1. The summed E-state index contributed by atoms with van der Waals surface area (Å²) in [6.45, 7) is 0. The van der Waals surface area contributed by atoms with Crippen LogP contribution in [0.4, 0.5) is 0 Å². The van der Waals surface area contributed by atoms with Crippen molar-refractivity contribution in [1.82, 2.24) is 5.43 Å². The van der Waals surface area contributed by atoms with Gasteiger partial charge in [0.2, 0.25) is 0 Å². The molecule has 1 heterocycles. The fourth-order valence-corrected chi connectivity index (χ4v) is 2.42. The first kappa shape index (κ1) is 13.0. The van der Waals surface area contributed by atoms with Crippen molar-refractivity contribution in [2.45, 2.75) is 12.5 Å². The van der Waals surface area contributed by atoms with E-state index in [9.17, 15) is 0 Å². The van der Waals surface area contributed by atoms with Crippen molar-refractivity contribution in [3.05, 3.63) is 64.7 Å². The SMILES string of the molecule is COc1ccc(C2=NNC(c3ccc(Cl)cc3)C2)cc1. The van der Waals surface area contributed by atoms with Crippen molar-refractivity contribution < 1.29 is 4.74 Å². The summed E-state index contributed by atoms with van der Waals surface area (Å²) in [5.41, 5.74) is 6.56. The largest absolute Gasteiger partial charge is 0.497 e. The molecule has 0 aliphatic carbocycles. The van der Waals surface area contributed by atoms with Gasteiger partial charge in [0.1, 0.15) is 5.75 Å². The van der Waals surface area contributed by atoms with Crippen molar-refractivity contribution in [2.75, 3.05) is 7.11 Å². The van der Waals surface area contributed by atoms with E-state index in [0.29, 0.717) is 0 Å². The predicted molar refractivity (Wildman–Crippen MR) is 81.5 cm³/mol. The van der Waals surface area contributed by atoms with Crippen LogP contribution in [-0.2, 0) is 0 Å². The second-order valence-corrected chi connectivity index (χ2v) is 5.16. The van der Waals surface area contributed by atoms with Gasteiger partial charge >= 0.3 is 0 Å². The monoisotopic (exact) mass is 286 g/mol. The van der Waals surface area contributed by atoms with Gasteiger partial charge in [-0.15, -0.1) is 0 Å². The van der Waals surface area contributed by atoms with Gasteiger partial charge in [-0.2, -0.15) is 5.10 Å². The number of nitrogens with zero attached hydrogens (tertiary/aromatic N) is 1. The standard InChI is InChI=1S/C16H15ClN2O/c1-20-14-8-4-12(5-9-14)16-10-15(18-19-16)11-2-6-13(17)7-3-11/h2-9,15,18H,10H2,1H3. The van der Waals surface area contributed by atoms with Crippen molar-refractivity contribution in [1.29, 1.82) is 0 Å². The molecule has 1 atom stereocenters. The fraction of sp³-hybridized carbons (Fsp3) is 0.188. The maximum atomic E-state index is 5.91. The van der Waals surface area contributed by atoms with E-state index in [-0.39, 0.29) is 6.04 Å². The Balaban J connectivity index is 1.73. The van der Waals surface area contributed by atoms with Gasteiger partial charge in [-0.05, 0) is 47.5 Å². The van der Waals surface area contributed by atoms with Gasteiger partial charge in [0.15, 0.2) is 0 Å². The van der Waals surface area contributed by atoms with Gasteiger partial charge in [-0.1, -0.05) is 23.7 Å². The molecule has 0 fully saturated rings. The normalized spacial score (nSPS) is 17.5. The van der Waals surface area contributed by atoms with Gasteiger partial charge in [0.25, 0.3) is 0 Å². The molecule has 0 aromatic heterocycles. The highest BCUT2D eigenvalue weighted by Crippen LogP contribution is 2.26. The molecule has 0 amide bonds. The van der Waals surface area contributed by atoms with E-state index in [0.717, 1.165) is 28.5 Å². The molecule has 102 valence electrons. The Hall–Kier alpha value is -2.00. The Bertz CT molecular complexity index is 620. The fourth-order valence-electron chi connectivity index (χ4n) is 2.29. The molecule has 2 aromatic rings. The minimum absolute atomic E-state index is 0.212. The zero-order valence-electron chi connectivity index (χ0n) is 11.1. The van der Waals surface area contributed by atoms with Crippen LogP contribution in [0.1, 0.15) is 23.6 Å². The summed E-state index contributed by atoms with van der Waals surface area (Å²) in [6.07, 6.45) is 0.869. The highest BCUT2D eigenvalue weighted by molar-refractivity contribution is 6.30. The number of hydrogen-bond donors (Lipinski definition) is 1. The van der Waals surface area contributed by atoms with E-state index in [4.69, 9.17) is 16.3 Å². The second kappa shape index (κ2) is 5.55. The molecule has 3 nitrogen and oxygen atoms in total. The molecule has 20 heavy (non-hydrogen) atoms. The lowest BCUT2D eigenvalue weighted by Crippen LogP contribution is -2.09. The smallest absolute Gasteiger partial charge is 0.118 e. The Morgan fingerprint density at radius 2 is 1.80 bits per heavy atom. The lowest BCUT2D eigenvalue weighted by atomic mass is 9.99. The lowest BCUT2D eigenvalue weighted by Gasteiger charge is -2.10. The van der Waals surface area contributed by atoms with E-state index < -0.39 is 0 Å². The van der Waals surface area contributed by atoms with Gasteiger partial charge in [0, 0.05) is 11.4 Å². The van der Waals surface area contributed by atoms with Gasteiger partial charge in [-0.25, -0.2) is 0 Å². The van der Waals surface area contributed by atoms with E-state index >= 15 is 0 Å². The zero-order valence-corrected chi connectivity index (χ0v) is 11.9. The van der Waals surface area contributed by atoms with E-state index in [1.807, 2.05) is 48.5 Å². The minimum atomic E-state index is 0.212. The molecule has 1 unspecified atom stereocenters. The number of rotatable bonds is 3. The Morgan fingerprint density at radius 1 is 1.10 bits per heavy atom. The van der Waals surface area contributed by atoms with Gasteiger partial charge in [-0.3, -0.25) is 0 Å². The van der Waals surface area contributed by atoms with Crippen LogP contribution in [0.3, 0.4) is 0 Å². The molecule has 2 aromatic carbocycles. The van der Waals surface area contributed by atoms with Crippen LogP contribution in [0.5, 0.6) is 5.75 Å². The molecule has 1 aliphatic rings. The van der Waals surface area contributed by atoms with Crippen LogP contribution in [0.15, 0.2) is 53.6 Å². The summed E-state index contributed by atoms with van der Waals surface area (Å²) >= 11 is 5.91. The van der Waals surface area contributed by atoms with Crippen molar-refractivity contribution in [3.8, 4) is 5.75 Å². The molecule has 1 aliphatic heterocycles. The summed E-state index contributed by atoms with van der Waals surface area (Å²) in [5.74, 6) is 0.856. The molecule has 0 saturated heterocycles. The minimum Gasteiger partial charge on any atom is -0.497 e. The third kappa shape index (κ3) is 2.63. The quantitative estimate of drug-likeness (QED) is 0.931. The topological polar surface area (TPSA) is 33.6 Å². The van der Waals surface area contributed by atoms with E-state index in [2.05, 4.69) is 10.5 Å². The average molecular weight is 287 g/mol. The Labute approximate surface area is 123 Å². The number of nitrogens with one attached hydrogen (secondary N) is 1. The van der Waals surface area contributed by atoms with E-state index in [1.54, 1.807) is 7.11 Å². The van der Waals surface area contributed by atoms with Crippen LogP contribution in [0.2, 0.25) is 5.02 Å². The highest BCUT2D eigenvalue weighted by Gasteiger charge is 2.20. The molecule has 0 bridgehead atoms. The number of methoxy groups -OCH3 is 1. The number of ether oxygens (including phenoxy) is 1. The first-order valence-electron chi connectivity index (χ1n) is 6.48. The average Bonchev–Trinajstić information content (AvgIpc) is 2.98. The number of benzene rings is 2. The maximum Gasteiger partial charge on any atom is 0.118 e. The molecule has 3 rings (SSSR count). The summed E-state index contributed by atoms with van der Waals surface area (Å²) in [7, 11) is 1.67. The maximum absolute atomic E-state index is 5.91. The first-order valence-corrected chi connectivity index (χ1v) is 6.86. The first-order chi connectivity index (χ1) is 9.76. The van der Waals surface area contributed by atoms with Crippen LogP contribution in [0, 0.1) is 0 Å². The molecule has 0 radical (unpaired) electrons. The second-order valence-electron chi connectivity index (χ2n) is 4.72. The molecular weight excluding hydrogens is 272 g/mol. The third-order valence-corrected chi connectivity index (χ3v) is 3.70. The predicted octanol–water partition coefficient (Wildman–Crippen LogP) is 3.79. The van der Waals surface area contributed by atoms with Crippen LogP contribution >= 0.6 is 11.6 Å². The Morgan fingerprint density at radius 3 is 2.45 bits per heavy atom. The summed E-state index contributed by atoms with van der Waals surface area (Å²) < 4.78 is 5.17. The highest BCUT2D eigenvalue weighted by atomic mass is 35.5. The number of hydrogen-bond acceptors (Lipinski definition) is 3. The molecule has 0 saturated carbocycles. The Kier molecular flexibility index (Phi) is 3.61. The molecule has 1 N–H and O–H groups in total. The molecule has 0 spiro atoms. The van der Waals surface area contributed by atoms with Crippen LogP contribution < -0.4 is 10.2 Å². The molecular formula is C16H15ClN2O. The van der Waals surface area contributed by atoms with Gasteiger partial charge < -0.3 is 10.2 Å². The third-order valence-electron chi connectivity index (χ3n) is 3.45. The van der Waals surface area contributed by atoms with Gasteiger partial charge in [0.05, 0.1) is 18.9 Å². The van der Waals surface area contributed by atoms with Crippen molar-refractivity contribution in [3.63, 3.8) is 0 Å². The molecule has 4 heteroatoms. The number of hydrazone groups is 1. The lowest BCUT2D eigenvalue weighted by molar-refractivity contribution is 0.415. The van der Waals surface area contributed by atoms with Crippen molar-refractivity contribution in [2.24, 2.45) is 5.10 Å². The zero-order chi connectivity index (χ0) is 13.9. The van der Waals surface area contributed by atoms with E-state index in [1.165, 1.54) is 5.56 Å². The number of halogens is 1. The summed E-state index contributed by atoms with van der Waals surface area (Å²) in [4.78, 5) is 0. The van der Waals surface area contributed by atoms with Crippen LogP contribution in [-0.4, -0.2) is 12.8 Å². The van der Waals surface area contributed by atoms with Crippen LogP contribution in [0.25, 0.3) is 0 Å². The van der Waals surface area contributed by atoms with Crippen molar-refractivity contribution >= 4 is 17.3 Å². The summed E-state index contributed by atoms with van der Waals surface area (Å²) in [5, 5.41) is 5.19.